The molecule has 0 aliphatic carbocycles. The third-order valence-electron chi connectivity index (χ3n) is 3.67. The van der Waals surface area contributed by atoms with Gasteiger partial charge in [-0.1, -0.05) is 0 Å². The summed E-state index contributed by atoms with van der Waals surface area (Å²) in [6.07, 6.45) is -3.81. The van der Waals surface area contributed by atoms with Gasteiger partial charge in [0, 0.05) is 11.8 Å². The summed E-state index contributed by atoms with van der Waals surface area (Å²) >= 11 is 0. The number of alkyl halides is 4. The molecule has 0 atom stereocenters. The lowest BCUT2D eigenvalue weighted by Crippen LogP contribution is -2.25. The standard InChI is InChI=1S/C17H11F4NO7S/c18-16(19)30(25,26)11-4-1-9(2-5-11)15(24)27-8-14(23)22-10-3-6-12-13(7-10)29-17(20,21)28-12/h1-7,16H,8H2,(H,22,23). The Bertz CT molecular complexity index is 1090. The molecular formula is C17H11F4NO7S. The second-order valence-corrected chi connectivity index (χ2v) is 7.70. The summed E-state index contributed by atoms with van der Waals surface area (Å²) in [5.41, 5.74) is -0.112. The molecule has 13 heteroatoms. The first-order chi connectivity index (χ1) is 14.0. The van der Waals surface area contributed by atoms with Crippen LogP contribution >= 0.6 is 0 Å². The van der Waals surface area contributed by atoms with Crippen LogP contribution in [0.3, 0.4) is 0 Å². The molecule has 3 rings (SSSR count). The summed E-state index contributed by atoms with van der Waals surface area (Å²) in [5.74, 6) is -5.96. The summed E-state index contributed by atoms with van der Waals surface area (Å²) in [5, 5.41) is 2.29. The van der Waals surface area contributed by atoms with E-state index in [1.165, 1.54) is 6.07 Å². The van der Waals surface area contributed by atoms with Gasteiger partial charge in [-0.3, -0.25) is 4.79 Å². The second-order valence-electron chi connectivity index (χ2n) is 5.78. The Kier molecular flexibility index (Phi) is 5.57. The van der Waals surface area contributed by atoms with Gasteiger partial charge in [0.2, 0.25) is 9.84 Å². The molecule has 0 radical (unpaired) electrons. The van der Waals surface area contributed by atoms with Crippen LogP contribution in [-0.2, 0) is 19.4 Å². The predicted octanol–water partition coefficient (Wildman–Crippen LogP) is 2.80. The number of amides is 1. The van der Waals surface area contributed by atoms with Crippen LogP contribution in [0.5, 0.6) is 11.5 Å². The maximum absolute atomic E-state index is 13.0. The molecule has 1 aliphatic rings. The summed E-state index contributed by atoms with van der Waals surface area (Å²) in [6.45, 7) is -0.763. The van der Waals surface area contributed by atoms with Crippen LogP contribution in [0.25, 0.3) is 0 Å². The first-order valence-electron chi connectivity index (χ1n) is 7.97. The largest absolute Gasteiger partial charge is 0.586 e. The number of nitrogens with one attached hydrogen (secondary N) is 1. The average Bonchev–Trinajstić information content (AvgIpc) is 2.99. The number of anilines is 1. The van der Waals surface area contributed by atoms with E-state index in [2.05, 4.69) is 14.8 Å². The van der Waals surface area contributed by atoms with E-state index in [-0.39, 0.29) is 22.7 Å². The molecule has 2 aromatic carbocycles. The number of carbonyl (C=O) groups excluding carboxylic acids is 2. The van der Waals surface area contributed by atoms with Gasteiger partial charge in [0.25, 0.3) is 5.91 Å². The predicted molar refractivity (Wildman–Crippen MR) is 91.2 cm³/mol. The van der Waals surface area contributed by atoms with Gasteiger partial charge in [0.05, 0.1) is 10.5 Å². The van der Waals surface area contributed by atoms with Crippen LogP contribution in [0.2, 0.25) is 0 Å². The Balaban J connectivity index is 1.56. The highest BCUT2D eigenvalue weighted by atomic mass is 32.2. The molecule has 0 unspecified atom stereocenters. The van der Waals surface area contributed by atoms with Crippen molar-refractivity contribution in [2.45, 2.75) is 16.9 Å². The van der Waals surface area contributed by atoms with Crippen molar-refractivity contribution >= 4 is 27.4 Å². The molecular weight excluding hydrogens is 438 g/mol. The van der Waals surface area contributed by atoms with E-state index in [0.717, 1.165) is 36.4 Å². The molecule has 1 heterocycles. The van der Waals surface area contributed by atoms with Crippen molar-refractivity contribution in [2.75, 3.05) is 11.9 Å². The normalized spacial score (nSPS) is 14.4. The Morgan fingerprint density at radius 1 is 1.03 bits per heavy atom. The second kappa shape index (κ2) is 7.82. The molecule has 0 saturated heterocycles. The van der Waals surface area contributed by atoms with Gasteiger partial charge in [-0.15, -0.1) is 8.78 Å². The number of hydrogen-bond acceptors (Lipinski definition) is 7. The zero-order valence-corrected chi connectivity index (χ0v) is 15.4. The van der Waals surface area contributed by atoms with Crippen molar-refractivity contribution in [1.82, 2.24) is 0 Å². The molecule has 30 heavy (non-hydrogen) atoms. The van der Waals surface area contributed by atoms with E-state index >= 15 is 0 Å². The monoisotopic (exact) mass is 449 g/mol. The maximum Gasteiger partial charge on any atom is 0.586 e. The van der Waals surface area contributed by atoms with Gasteiger partial charge < -0.3 is 19.5 Å². The van der Waals surface area contributed by atoms with Crippen molar-refractivity contribution in [3.8, 4) is 11.5 Å². The third kappa shape index (κ3) is 4.62. The van der Waals surface area contributed by atoms with Crippen molar-refractivity contribution < 1.29 is 49.8 Å². The summed E-state index contributed by atoms with van der Waals surface area (Å²) in [7, 11) is -4.81. The lowest BCUT2D eigenvalue weighted by atomic mass is 10.2. The minimum absolute atomic E-state index is 0.0673. The van der Waals surface area contributed by atoms with E-state index in [9.17, 15) is 35.6 Å². The number of esters is 1. The zero-order chi connectivity index (χ0) is 22.1. The lowest BCUT2D eigenvalue weighted by Gasteiger charge is -2.08. The lowest BCUT2D eigenvalue weighted by molar-refractivity contribution is -0.286. The number of ether oxygens (including phenoxy) is 3. The van der Waals surface area contributed by atoms with Crippen molar-refractivity contribution in [3.05, 3.63) is 48.0 Å². The topological polar surface area (TPSA) is 108 Å². The van der Waals surface area contributed by atoms with Crippen molar-refractivity contribution in [3.63, 3.8) is 0 Å². The van der Waals surface area contributed by atoms with Crippen LogP contribution in [-0.4, -0.2) is 39.0 Å². The quantitative estimate of drug-likeness (QED) is 0.534. The van der Waals surface area contributed by atoms with Crippen molar-refractivity contribution in [1.29, 1.82) is 0 Å². The molecule has 1 aliphatic heterocycles. The molecule has 160 valence electrons. The molecule has 0 aromatic heterocycles. The maximum atomic E-state index is 13.0. The molecule has 1 amide bonds. The minimum Gasteiger partial charge on any atom is -0.452 e. The molecule has 2 aromatic rings. The van der Waals surface area contributed by atoms with Gasteiger partial charge in [0.15, 0.2) is 18.1 Å². The molecule has 8 nitrogen and oxygen atoms in total. The summed E-state index contributed by atoms with van der Waals surface area (Å²) in [6, 6.07) is 7.00. The number of fused-ring (bicyclic) bond motifs is 1. The zero-order valence-electron chi connectivity index (χ0n) is 14.6. The van der Waals surface area contributed by atoms with Gasteiger partial charge >= 0.3 is 18.0 Å². The van der Waals surface area contributed by atoms with Crippen LogP contribution in [0.15, 0.2) is 47.4 Å². The van der Waals surface area contributed by atoms with E-state index < -0.39 is 45.3 Å². The summed E-state index contributed by atoms with van der Waals surface area (Å²) < 4.78 is 86.8. The van der Waals surface area contributed by atoms with Gasteiger partial charge in [-0.25, -0.2) is 13.2 Å². The number of hydrogen-bond donors (Lipinski definition) is 1. The first kappa shape index (κ1) is 21.4. The smallest absolute Gasteiger partial charge is 0.452 e. The third-order valence-corrected chi connectivity index (χ3v) is 5.07. The van der Waals surface area contributed by atoms with Crippen LogP contribution in [0.1, 0.15) is 10.4 Å². The fourth-order valence-corrected chi connectivity index (χ4v) is 3.04. The number of sulfone groups is 1. The Hall–Kier alpha value is -3.35. The number of benzene rings is 2. The van der Waals surface area contributed by atoms with Gasteiger partial charge in [0.1, 0.15) is 0 Å². The Morgan fingerprint density at radius 2 is 1.67 bits per heavy atom. The van der Waals surface area contributed by atoms with Crippen LogP contribution in [0, 0.1) is 0 Å². The van der Waals surface area contributed by atoms with Crippen LogP contribution in [0.4, 0.5) is 23.2 Å². The molecule has 0 spiro atoms. The molecule has 1 N–H and O–H groups in total. The Labute approximate surface area is 166 Å². The molecule has 0 bridgehead atoms. The van der Waals surface area contributed by atoms with E-state index in [1.807, 2.05) is 0 Å². The average molecular weight is 449 g/mol. The van der Waals surface area contributed by atoms with Crippen molar-refractivity contribution in [2.24, 2.45) is 0 Å². The minimum atomic E-state index is -4.81. The highest BCUT2D eigenvalue weighted by Crippen LogP contribution is 2.42. The summed E-state index contributed by atoms with van der Waals surface area (Å²) in [4.78, 5) is 23.1. The van der Waals surface area contributed by atoms with Gasteiger partial charge in [-0.2, -0.15) is 8.78 Å². The fraction of sp³-hybridized carbons (Fsp3) is 0.176. The van der Waals surface area contributed by atoms with E-state index in [4.69, 9.17) is 4.74 Å². The molecule has 0 saturated carbocycles. The van der Waals surface area contributed by atoms with Crippen LogP contribution < -0.4 is 14.8 Å². The Morgan fingerprint density at radius 3 is 2.30 bits per heavy atom. The van der Waals surface area contributed by atoms with E-state index in [0.29, 0.717) is 0 Å². The highest BCUT2D eigenvalue weighted by molar-refractivity contribution is 7.91. The molecule has 0 fully saturated rings. The SMILES string of the molecule is O=C(COC(=O)c1ccc(S(=O)(=O)C(F)F)cc1)Nc1ccc2c(c1)OC(F)(F)O2. The van der Waals surface area contributed by atoms with E-state index in [1.54, 1.807) is 0 Å². The number of carbonyl (C=O) groups is 2. The number of rotatable bonds is 6. The fourth-order valence-electron chi connectivity index (χ4n) is 2.32. The van der Waals surface area contributed by atoms with Gasteiger partial charge in [-0.05, 0) is 36.4 Å². The highest BCUT2D eigenvalue weighted by Gasteiger charge is 2.43. The first-order valence-corrected chi connectivity index (χ1v) is 9.51. The number of halogens is 4.